The largest absolute Gasteiger partial charge is 0.416 e. The average molecular weight is 257 g/mol. The highest BCUT2D eigenvalue weighted by Gasteiger charge is 2.30. The average Bonchev–Trinajstić information content (AvgIpc) is 2.80. The van der Waals surface area contributed by atoms with E-state index in [1.165, 1.54) is 17.4 Å². The van der Waals surface area contributed by atoms with Crippen molar-refractivity contribution in [2.45, 2.75) is 12.2 Å². The predicted octanol–water partition coefficient (Wildman–Crippen LogP) is 3.82. The van der Waals surface area contributed by atoms with Crippen LogP contribution in [0.15, 0.2) is 41.1 Å². The highest BCUT2D eigenvalue weighted by Crippen LogP contribution is 2.31. The molecule has 1 heterocycles. The predicted molar refractivity (Wildman–Crippen MR) is 61.8 cm³/mol. The molecule has 0 aliphatic rings. The van der Waals surface area contributed by atoms with Crippen LogP contribution in [0.4, 0.5) is 13.2 Å². The lowest BCUT2D eigenvalue weighted by atomic mass is 10.00. The lowest BCUT2D eigenvalue weighted by Gasteiger charge is -2.13. The summed E-state index contributed by atoms with van der Waals surface area (Å²) in [4.78, 5) is 0. The van der Waals surface area contributed by atoms with Gasteiger partial charge in [-0.2, -0.15) is 24.5 Å². The molecule has 1 aromatic carbocycles. The summed E-state index contributed by atoms with van der Waals surface area (Å²) >= 11 is 1.47. The van der Waals surface area contributed by atoms with E-state index >= 15 is 0 Å². The minimum atomic E-state index is -4.33. The zero-order valence-electron chi connectivity index (χ0n) is 8.74. The SMILES string of the molecule is N[C@H](c1ccsc1)c1cccc(C(F)(F)F)c1. The van der Waals surface area contributed by atoms with E-state index < -0.39 is 17.8 Å². The van der Waals surface area contributed by atoms with Crippen molar-refractivity contribution in [3.63, 3.8) is 0 Å². The molecule has 0 bridgehead atoms. The maximum absolute atomic E-state index is 12.5. The minimum Gasteiger partial charge on any atom is -0.320 e. The summed E-state index contributed by atoms with van der Waals surface area (Å²) in [6, 6.07) is 6.44. The smallest absolute Gasteiger partial charge is 0.320 e. The van der Waals surface area contributed by atoms with E-state index in [-0.39, 0.29) is 0 Å². The van der Waals surface area contributed by atoms with Crippen molar-refractivity contribution in [2.24, 2.45) is 5.73 Å². The molecule has 0 spiro atoms. The Balaban J connectivity index is 2.34. The molecular weight excluding hydrogens is 247 g/mol. The number of thiophene rings is 1. The Morgan fingerprint density at radius 2 is 1.88 bits per heavy atom. The highest BCUT2D eigenvalue weighted by atomic mass is 32.1. The minimum absolute atomic E-state index is 0.471. The van der Waals surface area contributed by atoms with Crippen molar-refractivity contribution in [1.29, 1.82) is 0 Å². The van der Waals surface area contributed by atoms with Gasteiger partial charge in [0.05, 0.1) is 11.6 Å². The summed E-state index contributed by atoms with van der Waals surface area (Å²) in [5, 5.41) is 3.69. The van der Waals surface area contributed by atoms with Crippen LogP contribution >= 0.6 is 11.3 Å². The standard InChI is InChI=1S/C12H10F3NS/c13-12(14,15)10-3-1-2-8(6-10)11(16)9-4-5-17-7-9/h1-7,11H,16H2/t11-/m0/s1. The first kappa shape index (κ1) is 12.1. The van der Waals surface area contributed by atoms with Gasteiger partial charge in [0.25, 0.3) is 0 Å². The molecule has 1 aromatic heterocycles. The van der Waals surface area contributed by atoms with E-state index in [1.807, 2.05) is 16.8 Å². The normalized spacial score (nSPS) is 13.6. The molecule has 2 rings (SSSR count). The molecule has 17 heavy (non-hydrogen) atoms. The third-order valence-corrected chi connectivity index (χ3v) is 3.18. The van der Waals surface area contributed by atoms with Crippen LogP contribution in [0.3, 0.4) is 0 Å². The summed E-state index contributed by atoms with van der Waals surface area (Å²) in [5.74, 6) is 0. The van der Waals surface area contributed by atoms with Crippen LogP contribution in [0.25, 0.3) is 0 Å². The van der Waals surface area contributed by atoms with Crippen LogP contribution < -0.4 is 5.73 Å². The zero-order valence-corrected chi connectivity index (χ0v) is 9.55. The van der Waals surface area contributed by atoms with Gasteiger partial charge < -0.3 is 5.73 Å². The summed E-state index contributed by atoms with van der Waals surface area (Å²) in [5.41, 5.74) is 6.54. The van der Waals surface area contributed by atoms with E-state index in [9.17, 15) is 13.2 Å². The van der Waals surface area contributed by atoms with Crippen LogP contribution in [0.2, 0.25) is 0 Å². The first-order chi connectivity index (χ1) is 7.98. The number of hydrogen-bond donors (Lipinski definition) is 1. The fraction of sp³-hybridized carbons (Fsp3) is 0.167. The Kier molecular flexibility index (Phi) is 3.22. The number of halogens is 3. The van der Waals surface area contributed by atoms with Gasteiger partial charge >= 0.3 is 6.18 Å². The molecule has 0 saturated carbocycles. The van der Waals surface area contributed by atoms with Crippen LogP contribution in [-0.4, -0.2) is 0 Å². The van der Waals surface area contributed by atoms with Crippen molar-refractivity contribution in [3.8, 4) is 0 Å². The van der Waals surface area contributed by atoms with Gasteiger partial charge in [-0.3, -0.25) is 0 Å². The van der Waals surface area contributed by atoms with E-state index in [2.05, 4.69) is 0 Å². The molecule has 2 aromatic rings. The van der Waals surface area contributed by atoms with Crippen molar-refractivity contribution in [2.75, 3.05) is 0 Å². The summed E-state index contributed by atoms with van der Waals surface area (Å²) in [7, 11) is 0. The fourth-order valence-electron chi connectivity index (χ4n) is 1.55. The maximum atomic E-state index is 12.5. The van der Waals surface area contributed by atoms with Crippen molar-refractivity contribution in [1.82, 2.24) is 0 Å². The molecular formula is C12H10F3NS. The van der Waals surface area contributed by atoms with Gasteiger partial charge in [-0.05, 0) is 40.1 Å². The fourth-order valence-corrected chi connectivity index (χ4v) is 2.25. The van der Waals surface area contributed by atoms with Gasteiger partial charge in [0, 0.05) is 0 Å². The topological polar surface area (TPSA) is 26.0 Å². The van der Waals surface area contributed by atoms with Gasteiger partial charge in [0.15, 0.2) is 0 Å². The maximum Gasteiger partial charge on any atom is 0.416 e. The Hall–Kier alpha value is -1.33. The molecule has 0 amide bonds. The first-order valence-electron chi connectivity index (χ1n) is 4.93. The highest BCUT2D eigenvalue weighted by molar-refractivity contribution is 7.08. The third-order valence-electron chi connectivity index (χ3n) is 2.48. The summed E-state index contributed by atoms with van der Waals surface area (Å²) < 4.78 is 37.6. The molecule has 0 unspecified atom stereocenters. The van der Waals surface area contributed by atoms with E-state index in [0.29, 0.717) is 5.56 Å². The molecule has 0 aliphatic heterocycles. The van der Waals surface area contributed by atoms with Crippen molar-refractivity contribution < 1.29 is 13.2 Å². The molecule has 0 saturated heterocycles. The summed E-state index contributed by atoms with van der Waals surface area (Å²) in [6.07, 6.45) is -4.33. The van der Waals surface area contributed by atoms with Gasteiger partial charge in [0.2, 0.25) is 0 Å². The first-order valence-corrected chi connectivity index (χ1v) is 5.87. The summed E-state index contributed by atoms with van der Waals surface area (Å²) in [6.45, 7) is 0. The molecule has 0 radical (unpaired) electrons. The monoisotopic (exact) mass is 257 g/mol. The van der Waals surface area contributed by atoms with Gasteiger partial charge in [-0.25, -0.2) is 0 Å². The Bertz CT molecular complexity index is 491. The van der Waals surface area contributed by atoms with E-state index in [4.69, 9.17) is 5.73 Å². The second-order valence-electron chi connectivity index (χ2n) is 3.66. The number of nitrogens with two attached hydrogens (primary N) is 1. The van der Waals surface area contributed by atoms with Crippen molar-refractivity contribution in [3.05, 3.63) is 57.8 Å². The molecule has 1 atom stereocenters. The number of benzene rings is 1. The quantitative estimate of drug-likeness (QED) is 0.869. The third kappa shape index (κ3) is 2.68. The molecule has 90 valence electrons. The second kappa shape index (κ2) is 4.50. The molecule has 2 N–H and O–H groups in total. The van der Waals surface area contributed by atoms with Crippen LogP contribution in [-0.2, 0) is 6.18 Å². The zero-order chi connectivity index (χ0) is 12.5. The molecule has 1 nitrogen and oxygen atoms in total. The second-order valence-corrected chi connectivity index (χ2v) is 4.44. The number of hydrogen-bond acceptors (Lipinski definition) is 2. The van der Waals surface area contributed by atoms with Gasteiger partial charge in [0.1, 0.15) is 0 Å². The van der Waals surface area contributed by atoms with Gasteiger partial charge in [-0.15, -0.1) is 0 Å². The van der Waals surface area contributed by atoms with E-state index in [0.717, 1.165) is 17.7 Å². The Morgan fingerprint density at radius 3 is 2.47 bits per heavy atom. The lowest BCUT2D eigenvalue weighted by Crippen LogP contribution is -2.13. The van der Waals surface area contributed by atoms with E-state index in [1.54, 1.807) is 6.07 Å². The molecule has 0 fully saturated rings. The number of rotatable bonds is 2. The molecule has 0 aliphatic carbocycles. The van der Waals surface area contributed by atoms with Crippen LogP contribution in [0.1, 0.15) is 22.7 Å². The van der Waals surface area contributed by atoms with Gasteiger partial charge in [-0.1, -0.05) is 12.1 Å². The Labute approximate surface area is 101 Å². The molecule has 5 heteroatoms. The number of alkyl halides is 3. The van der Waals surface area contributed by atoms with Crippen LogP contribution in [0, 0.1) is 0 Å². The lowest BCUT2D eigenvalue weighted by molar-refractivity contribution is -0.137. The van der Waals surface area contributed by atoms with Crippen LogP contribution in [0.5, 0.6) is 0 Å². The van der Waals surface area contributed by atoms with Crippen molar-refractivity contribution >= 4 is 11.3 Å². The Morgan fingerprint density at radius 1 is 1.12 bits per heavy atom.